The zero-order valence-electron chi connectivity index (χ0n) is 7.47. The molecule has 0 saturated carbocycles. The summed E-state index contributed by atoms with van der Waals surface area (Å²) in [5, 5.41) is 8.57. The highest BCUT2D eigenvalue weighted by atomic mass is 32.2. The molecule has 0 spiro atoms. The zero-order chi connectivity index (χ0) is 9.97. The van der Waals surface area contributed by atoms with Gasteiger partial charge in [0.15, 0.2) is 4.34 Å². The smallest absolute Gasteiger partial charge is 0.180 e. The van der Waals surface area contributed by atoms with Crippen LogP contribution in [-0.4, -0.2) is 15.2 Å². The SMILES string of the molecule is Cc1nc(Sc2nncs2)ccc1N. The number of pyridine rings is 1. The van der Waals surface area contributed by atoms with Crippen molar-refractivity contribution in [2.45, 2.75) is 16.3 Å². The summed E-state index contributed by atoms with van der Waals surface area (Å²) in [5.41, 5.74) is 8.93. The Morgan fingerprint density at radius 1 is 1.43 bits per heavy atom. The fourth-order valence-corrected chi connectivity index (χ4v) is 2.34. The second-order valence-corrected chi connectivity index (χ2v) is 4.73. The highest BCUT2D eigenvalue weighted by Crippen LogP contribution is 2.27. The minimum absolute atomic E-state index is 0.714. The van der Waals surface area contributed by atoms with E-state index >= 15 is 0 Å². The topological polar surface area (TPSA) is 64.7 Å². The minimum Gasteiger partial charge on any atom is -0.397 e. The lowest BCUT2D eigenvalue weighted by atomic mass is 10.3. The molecule has 14 heavy (non-hydrogen) atoms. The molecule has 6 heteroatoms. The van der Waals surface area contributed by atoms with Crippen LogP contribution in [-0.2, 0) is 0 Å². The first-order valence-corrected chi connectivity index (χ1v) is 5.62. The predicted molar refractivity (Wildman–Crippen MR) is 57.4 cm³/mol. The van der Waals surface area contributed by atoms with Gasteiger partial charge in [0.2, 0.25) is 0 Å². The van der Waals surface area contributed by atoms with Crippen LogP contribution in [0.15, 0.2) is 27.0 Å². The molecular weight excluding hydrogens is 216 g/mol. The van der Waals surface area contributed by atoms with Crippen molar-refractivity contribution in [2.75, 3.05) is 5.73 Å². The Morgan fingerprint density at radius 3 is 2.93 bits per heavy atom. The van der Waals surface area contributed by atoms with Crippen LogP contribution < -0.4 is 5.73 Å². The molecule has 0 bridgehead atoms. The Labute approximate surface area is 89.6 Å². The molecule has 2 aromatic heterocycles. The third-order valence-corrected chi connectivity index (χ3v) is 3.35. The van der Waals surface area contributed by atoms with Crippen LogP contribution >= 0.6 is 23.1 Å². The van der Waals surface area contributed by atoms with Crippen molar-refractivity contribution in [3.8, 4) is 0 Å². The molecule has 0 aliphatic heterocycles. The van der Waals surface area contributed by atoms with Gasteiger partial charge in [-0.3, -0.25) is 0 Å². The molecule has 0 atom stereocenters. The van der Waals surface area contributed by atoms with Crippen molar-refractivity contribution in [1.29, 1.82) is 0 Å². The molecular formula is C8H8N4S2. The normalized spacial score (nSPS) is 10.4. The highest BCUT2D eigenvalue weighted by molar-refractivity contribution is 8.00. The van der Waals surface area contributed by atoms with E-state index in [1.165, 1.54) is 23.1 Å². The van der Waals surface area contributed by atoms with Crippen LogP contribution in [0.25, 0.3) is 0 Å². The van der Waals surface area contributed by atoms with Crippen molar-refractivity contribution >= 4 is 28.8 Å². The van der Waals surface area contributed by atoms with Crippen molar-refractivity contribution in [3.63, 3.8) is 0 Å². The summed E-state index contributed by atoms with van der Waals surface area (Å²) in [6.45, 7) is 1.89. The van der Waals surface area contributed by atoms with Gasteiger partial charge in [0, 0.05) is 0 Å². The fraction of sp³-hybridized carbons (Fsp3) is 0.125. The van der Waals surface area contributed by atoms with Gasteiger partial charge in [0.1, 0.15) is 10.5 Å². The van der Waals surface area contributed by atoms with Gasteiger partial charge in [0.05, 0.1) is 11.4 Å². The molecule has 2 rings (SSSR count). The summed E-state index contributed by atoms with van der Waals surface area (Å²) in [6.07, 6.45) is 0. The molecule has 0 radical (unpaired) electrons. The molecule has 0 unspecified atom stereocenters. The second-order valence-electron chi connectivity index (χ2n) is 2.63. The van der Waals surface area contributed by atoms with E-state index in [4.69, 9.17) is 5.73 Å². The minimum atomic E-state index is 0.714. The van der Waals surface area contributed by atoms with Gasteiger partial charge in [0.25, 0.3) is 0 Å². The Kier molecular flexibility index (Phi) is 2.64. The van der Waals surface area contributed by atoms with E-state index in [2.05, 4.69) is 15.2 Å². The maximum Gasteiger partial charge on any atom is 0.180 e. The van der Waals surface area contributed by atoms with E-state index < -0.39 is 0 Å². The number of anilines is 1. The van der Waals surface area contributed by atoms with Crippen molar-refractivity contribution in [2.24, 2.45) is 0 Å². The van der Waals surface area contributed by atoms with E-state index in [0.29, 0.717) is 5.69 Å². The van der Waals surface area contributed by atoms with Crippen molar-refractivity contribution in [3.05, 3.63) is 23.3 Å². The Hall–Kier alpha value is -1.14. The van der Waals surface area contributed by atoms with Gasteiger partial charge in [-0.2, -0.15) is 0 Å². The van der Waals surface area contributed by atoms with Gasteiger partial charge in [-0.15, -0.1) is 10.2 Å². The van der Waals surface area contributed by atoms with Crippen LogP contribution in [0.1, 0.15) is 5.69 Å². The second kappa shape index (κ2) is 3.93. The molecule has 0 aliphatic rings. The standard InChI is InChI=1S/C8H8N4S2/c1-5-6(9)2-3-7(11-5)14-8-12-10-4-13-8/h2-4H,9H2,1H3. The number of rotatable bonds is 2. The summed E-state index contributed by atoms with van der Waals surface area (Å²) in [6, 6.07) is 3.74. The van der Waals surface area contributed by atoms with Crippen LogP contribution in [0, 0.1) is 6.92 Å². The summed E-state index contributed by atoms with van der Waals surface area (Å²) in [7, 11) is 0. The predicted octanol–water partition coefficient (Wildman–Crippen LogP) is 1.97. The number of hydrogen-bond acceptors (Lipinski definition) is 6. The van der Waals surface area contributed by atoms with Crippen LogP contribution in [0.2, 0.25) is 0 Å². The molecule has 0 amide bonds. The van der Waals surface area contributed by atoms with E-state index in [1.807, 2.05) is 19.1 Å². The third-order valence-electron chi connectivity index (χ3n) is 1.63. The number of aryl methyl sites for hydroxylation is 1. The summed E-state index contributed by atoms with van der Waals surface area (Å²) >= 11 is 2.99. The number of nitrogen functional groups attached to an aromatic ring is 1. The highest BCUT2D eigenvalue weighted by Gasteiger charge is 2.03. The van der Waals surface area contributed by atoms with E-state index in [1.54, 1.807) is 5.51 Å². The first kappa shape index (κ1) is 9.42. The lowest BCUT2D eigenvalue weighted by Crippen LogP contribution is -1.93. The molecule has 2 aromatic rings. The maximum atomic E-state index is 5.66. The number of nitrogens with two attached hydrogens (primary N) is 1. The molecule has 2 heterocycles. The quantitative estimate of drug-likeness (QED) is 0.845. The molecule has 72 valence electrons. The maximum absolute atomic E-state index is 5.66. The average Bonchev–Trinajstić information content (AvgIpc) is 2.64. The van der Waals surface area contributed by atoms with Gasteiger partial charge >= 0.3 is 0 Å². The summed E-state index contributed by atoms with van der Waals surface area (Å²) in [4.78, 5) is 4.32. The Morgan fingerprint density at radius 2 is 2.29 bits per heavy atom. The average molecular weight is 224 g/mol. The summed E-state index contributed by atoms with van der Waals surface area (Å²) in [5.74, 6) is 0. The van der Waals surface area contributed by atoms with Gasteiger partial charge in [-0.25, -0.2) is 4.98 Å². The van der Waals surface area contributed by atoms with Crippen LogP contribution in [0.5, 0.6) is 0 Å². The third kappa shape index (κ3) is 2.02. The number of aromatic nitrogens is 3. The molecule has 4 nitrogen and oxygen atoms in total. The molecule has 2 N–H and O–H groups in total. The molecule has 0 aliphatic carbocycles. The lowest BCUT2D eigenvalue weighted by Gasteiger charge is -2.00. The van der Waals surface area contributed by atoms with Gasteiger partial charge in [-0.05, 0) is 30.8 Å². The number of nitrogens with zero attached hydrogens (tertiary/aromatic N) is 3. The molecule has 0 aromatic carbocycles. The first-order chi connectivity index (χ1) is 6.75. The Balaban J connectivity index is 2.22. The van der Waals surface area contributed by atoms with Crippen molar-refractivity contribution < 1.29 is 0 Å². The fourth-order valence-electron chi connectivity index (χ4n) is 0.902. The largest absolute Gasteiger partial charge is 0.397 e. The van der Waals surface area contributed by atoms with E-state index in [-0.39, 0.29) is 0 Å². The molecule has 0 fully saturated rings. The lowest BCUT2D eigenvalue weighted by molar-refractivity contribution is 1.00. The van der Waals surface area contributed by atoms with E-state index in [9.17, 15) is 0 Å². The van der Waals surface area contributed by atoms with Crippen LogP contribution in [0.4, 0.5) is 5.69 Å². The molecule has 0 saturated heterocycles. The van der Waals surface area contributed by atoms with Crippen molar-refractivity contribution in [1.82, 2.24) is 15.2 Å². The Bertz CT molecular complexity index is 427. The first-order valence-electron chi connectivity index (χ1n) is 3.93. The zero-order valence-corrected chi connectivity index (χ0v) is 9.10. The monoisotopic (exact) mass is 224 g/mol. The van der Waals surface area contributed by atoms with E-state index in [0.717, 1.165) is 15.1 Å². The summed E-state index contributed by atoms with van der Waals surface area (Å²) < 4.78 is 0.890. The number of hydrogen-bond donors (Lipinski definition) is 1. The van der Waals surface area contributed by atoms with Gasteiger partial charge < -0.3 is 5.73 Å². The van der Waals surface area contributed by atoms with Gasteiger partial charge in [-0.1, -0.05) is 11.3 Å². The van der Waals surface area contributed by atoms with Crippen LogP contribution in [0.3, 0.4) is 0 Å².